The molecule has 0 aliphatic rings. The summed E-state index contributed by atoms with van der Waals surface area (Å²) in [6, 6.07) is 8.59. The van der Waals surface area contributed by atoms with Crippen LogP contribution in [0.2, 0.25) is 13.3 Å². The van der Waals surface area contributed by atoms with E-state index in [2.05, 4.69) is 70.7 Å². The molecule has 0 aliphatic heterocycles. The van der Waals surface area contributed by atoms with E-state index < -0.39 is 18.4 Å². The van der Waals surface area contributed by atoms with E-state index in [1.807, 2.05) is 0 Å². The number of nitrogens with zero attached hydrogens (tertiary/aromatic N) is 1. The first-order valence-electron chi connectivity index (χ1n) is 11.7. The first-order valence-corrected chi connectivity index (χ1v) is 19.8. The molecule has 0 atom stereocenters. The molecule has 0 bridgehead atoms. The Labute approximate surface area is 180 Å². The Morgan fingerprint density at radius 1 is 0.857 bits per heavy atom. The second kappa shape index (κ2) is 13.2. The van der Waals surface area contributed by atoms with Gasteiger partial charge in [-0.25, -0.2) is 0 Å². The van der Waals surface area contributed by atoms with Gasteiger partial charge in [0.15, 0.2) is 0 Å². The zero-order chi connectivity index (χ0) is 21.0. The summed E-state index contributed by atoms with van der Waals surface area (Å²) in [6.45, 7) is 15.3. The molecule has 0 spiro atoms. The van der Waals surface area contributed by atoms with E-state index in [9.17, 15) is 0 Å². The van der Waals surface area contributed by atoms with Gasteiger partial charge in [0.1, 0.15) is 0 Å². The van der Waals surface area contributed by atoms with Crippen molar-refractivity contribution >= 4 is 18.4 Å². The van der Waals surface area contributed by atoms with Crippen molar-refractivity contribution in [2.75, 3.05) is 11.7 Å². The number of para-hydroxylation sites is 1. The van der Waals surface area contributed by atoms with Gasteiger partial charge in [0.05, 0.1) is 0 Å². The predicted octanol–water partition coefficient (Wildman–Crippen LogP) is 7.68. The third-order valence-corrected chi connectivity index (χ3v) is 21.3. The van der Waals surface area contributed by atoms with Crippen molar-refractivity contribution in [2.24, 2.45) is 0 Å². The van der Waals surface area contributed by atoms with Crippen molar-refractivity contribution in [2.45, 2.75) is 105 Å². The summed E-state index contributed by atoms with van der Waals surface area (Å²) in [6.07, 6.45) is 8.36. The monoisotopic (exact) mass is 497 g/mol. The first-order chi connectivity index (χ1) is 13.3. The Balaban J connectivity index is 3.16. The third-order valence-electron chi connectivity index (χ3n) is 6.21. The topological polar surface area (TPSA) is 12.5 Å². The number of hydrogen-bond acceptors (Lipinski definition) is 2. The van der Waals surface area contributed by atoms with Crippen molar-refractivity contribution in [3.8, 4) is 5.75 Å². The summed E-state index contributed by atoms with van der Waals surface area (Å²) >= 11 is -2.23. The predicted molar refractivity (Wildman–Crippen MR) is 128 cm³/mol. The van der Waals surface area contributed by atoms with Crippen LogP contribution in [-0.4, -0.2) is 40.5 Å². The second-order valence-electron chi connectivity index (χ2n) is 9.65. The molecule has 1 aromatic carbocycles. The maximum absolute atomic E-state index is 5.67. The fourth-order valence-electron chi connectivity index (χ4n) is 4.24. The third kappa shape index (κ3) is 8.65. The van der Waals surface area contributed by atoms with Gasteiger partial charge in [-0.3, -0.25) is 0 Å². The van der Waals surface area contributed by atoms with Crippen LogP contribution in [-0.2, 0) is 6.54 Å². The molecule has 0 radical (unpaired) electrons. The average molecular weight is 496 g/mol. The van der Waals surface area contributed by atoms with Crippen LogP contribution in [0.4, 0.5) is 0 Å². The Bertz CT molecular complexity index is 516. The zero-order valence-electron chi connectivity index (χ0n) is 19.9. The SMILES string of the molecule is CCC[CH2][Sn]([CH2]CCC)([CH2]CCC)[CH2]N(Cc1ccccc1OC)C(C)(C)C. The first kappa shape index (κ1) is 25.8. The molecule has 2 nitrogen and oxygen atoms in total. The summed E-state index contributed by atoms with van der Waals surface area (Å²) in [5.41, 5.74) is 1.52. The van der Waals surface area contributed by atoms with Crippen LogP contribution in [0.25, 0.3) is 0 Å². The average Bonchev–Trinajstić information content (AvgIpc) is 2.68. The zero-order valence-corrected chi connectivity index (χ0v) is 22.8. The molecular formula is C25H47NOSn. The van der Waals surface area contributed by atoms with E-state index in [1.165, 1.54) is 48.6 Å². The van der Waals surface area contributed by atoms with Gasteiger partial charge in [-0.1, -0.05) is 0 Å². The van der Waals surface area contributed by atoms with E-state index in [0.29, 0.717) is 0 Å². The number of rotatable bonds is 14. The summed E-state index contributed by atoms with van der Waals surface area (Å²) in [5.74, 6) is 1.04. The van der Waals surface area contributed by atoms with Crippen molar-refractivity contribution < 1.29 is 4.74 Å². The Hall–Kier alpha value is -0.221. The minimum atomic E-state index is -2.23. The van der Waals surface area contributed by atoms with Crippen LogP contribution >= 0.6 is 0 Å². The van der Waals surface area contributed by atoms with Gasteiger partial charge in [0.25, 0.3) is 0 Å². The van der Waals surface area contributed by atoms with Crippen LogP contribution in [0.1, 0.15) is 85.6 Å². The molecule has 3 heteroatoms. The summed E-state index contributed by atoms with van der Waals surface area (Å²) in [5, 5.41) is 0. The Morgan fingerprint density at radius 2 is 1.36 bits per heavy atom. The number of benzene rings is 1. The number of ether oxygens (including phenoxy) is 1. The van der Waals surface area contributed by atoms with Crippen LogP contribution in [0.15, 0.2) is 24.3 Å². The van der Waals surface area contributed by atoms with E-state index in [1.54, 1.807) is 20.4 Å². The maximum atomic E-state index is 5.67. The Kier molecular flexibility index (Phi) is 12.1. The molecule has 0 aliphatic carbocycles. The van der Waals surface area contributed by atoms with Crippen molar-refractivity contribution in [1.29, 1.82) is 0 Å². The number of hydrogen-bond donors (Lipinski definition) is 0. The molecule has 28 heavy (non-hydrogen) atoms. The summed E-state index contributed by atoms with van der Waals surface area (Å²) in [4.78, 5) is 2.81. The molecule has 0 unspecified atom stereocenters. The van der Waals surface area contributed by atoms with Crippen LogP contribution in [0.5, 0.6) is 5.75 Å². The molecular weight excluding hydrogens is 449 g/mol. The van der Waals surface area contributed by atoms with Gasteiger partial charge in [0, 0.05) is 0 Å². The fraction of sp³-hybridized carbons (Fsp3) is 0.760. The van der Waals surface area contributed by atoms with Crippen molar-refractivity contribution in [3.05, 3.63) is 29.8 Å². The molecule has 0 fully saturated rings. The normalized spacial score (nSPS) is 12.6. The fourth-order valence-corrected chi connectivity index (χ4v) is 21.2. The van der Waals surface area contributed by atoms with E-state index in [-0.39, 0.29) is 5.54 Å². The quantitative estimate of drug-likeness (QED) is 0.245. The number of methoxy groups -OCH3 is 1. The van der Waals surface area contributed by atoms with Gasteiger partial charge in [-0.05, 0) is 0 Å². The minimum absolute atomic E-state index is 0.188. The van der Waals surface area contributed by atoms with Gasteiger partial charge >= 0.3 is 181 Å². The van der Waals surface area contributed by atoms with Gasteiger partial charge in [-0.15, -0.1) is 0 Å². The molecule has 0 saturated heterocycles. The van der Waals surface area contributed by atoms with E-state index in [4.69, 9.17) is 4.74 Å². The Morgan fingerprint density at radius 3 is 1.79 bits per heavy atom. The molecule has 1 aromatic rings. The van der Waals surface area contributed by atoms with E-state index >= 15 is 0 Å². The van der Waals surface area contributed by atoms with Crippen molar-refractivity contribution in [3.63, 3.8) is 0 Å². The molecule has 0 saturated carbocycles. The number of unbranched alkanes of at least 4 members (excludes halogenated alkanes) is 3. The second-order valence-corrected chi connectivity index (χ2v) is 23.4. The molecule has 1 rings (SSSR count). The van der Waals surface area contributed by atoms with Crippen LogP contribution < -0.4 is 4.74 Å². The molecule has 0 heterocycles. The molecule has 0 N–H and O–H groups in total. The van der Waals surface area contributed by atoms with Gasteiger partial charge in [-0.2, -0.15) is 0 Å². The molecule has 162 valence electrons. The van der Waals surface area contributed by atoms with Crippen LogP contribution in [0, 0.1) is 0 Å². The molecule has 0 amide bonds. The van der Waals surface area contributed by atoms with Gasteiger partial charge < -0.3 is 0 Å². The molecule has 0 aromatic heterocycles. The summed E-state index contributed by atoms with van der Waals surface area (Å²) < 4.78 is 11.8. The van der Waals surface area contributed by atoms with Crippen molar-refractivity contribution in [1.82, 2.24) is 4.90 Å². The summed E-state index contributed by atoms with van der Waals surface area (Å²) in [7, 11) is 1.80. The van der Waals surface area contributed by atoms with Gasteiger partial charge in [0.2, 0.25) is 0 Å². The van der Waals surface area contributed by atoms with Crippen LogP contribution in [0.3, 0.4) is 0 Å². The standard InChI is InChI=1S/C13H20NO.3C4H9.Sn/c1-13(2,3)14(4)10-11-8-6-7-9-12(11)15-5;3*1-3-4-2;/h6-9H,4,10H2,1-3,5H3;3*1,3-4H2,2H3;. The van der Waals surface area contributed by atoms with E-state index in [0.717, 1.165) is 12.3 Å².